The van der Waals surface area contributed by atoms with Gasteiger partial charge in [0, 0.05) is 18.2 Å². The maximum atomic E-state index is 14.4. The Bertz CT molecular complexity index is 1760. The zero-order valence-corrected chi connectivity index (χ0v) is 29.5. The second-order valence-electron chi connectivity index (χ2n) is 13.7. The van der Waals surface area contributed by atoms with Gasteiger partial charge in [-0.25, -0.2) is 13.2 Å². The number of nitrogens with one attached hydrogen (secondary N) is 3. The average Bonchev–Trinajstić information content (AvgIpc) is 4.03. The summed E-state index contributed by atoms with van der Waals surface area (Å²) in [6, 6.07) is 15.9. The Balaban J connectivity index is 1.36. The number of allylic oxidation sites excluding steroid dienone is 1. The Hall–Kier alpha value is -4.10. The molecule has 13 heteroatoms. The van der Waals surface area contributed by atoms with Gasteiger partial charge in [-0.15, -0.1) is 18.3 Å². The quantitative estimate of drug-likeness (QED) is 0.271. The molecule has 2 bridgehead atoms. The van der Waals surface area contributed by atoms with Crippen molar-refractivity contribution in [2.24, 2.45) is 5.92 Å². The van der Waals surface area contributed by atoms with E-state index >= 15 is 0 Å². The van der Waals surface area contributed by atoms with E-state index in [1.807, 2.05) is 54.6 Å². The lowest BCUT2D eigenvalue weighted by atomic mass is 9.93. The van der Waals surface area contributed by atoms with Crippen molar-refractivity contribution in [3.63, 3.8) is 0 Å². The van der Waals surface area contributed by atoms with Crippen molar-refractivity contribution in [3.05, 3.63) is 85.0 Å². The average molecular weight is 721 g/mol. The van der Waals surface area contributed by atoms with Crippen LogP contribution in [0.2, 0.25) is 0 Å². The molecule has 0 radical (unpaired) electrons. The highest BCUT2D eigenvalue weighted by atomic mass is 32.2. The van der Waals surface area contributed by atoms with Crippen molar-refractivity contribution in [1.29, 1.82) is 0 Å². The number of sulfonamides is 1. The Morgan fingerprint density at radius 3 is 2.32 bits per heavy atom. The third-order valence-electron chi connectivity index (χ3n) is 10.3. The standard InChI is InChI=1S/C37H44N4O7S2/c1-2-27-22-37(27,34(44)40-50(47,48)29-19-20-29)39-32(42)31-23-36(28-17-15-26(16-18-28)25-12-8-7-9-13-25)24-41(31)33(43)30(38-35(45)46)14-10-5-3-4-6-11-21-49-36/h2,6-9,11-13,15-18,27,29-31,38H,1,3-5,10,14,19-24H2,(H,39,42)(H,40,44)(H,45,46)/b11-6-/t27-,30+,31+,36+,37-/m1/s1. The molecule has 3 fully saturated rings. The van der Waals surface area contributed by atoms with Gasteiger partial charge in [-0.1, -0.05) is 85.7 Å². The summed E-state index contributed by atoms with van der Waals surface area (Å²) >= 11 is 1.62. The number of hydrogen-bond donors (Lipinski definition) is 4. The zero-order valence-electron chi connectivity index (χ0n) is 27.9. The zero-order chi connectivity index (χ0) is 35.5. The molecule has 2 aliphatic carbocycles. The van der Waals surface area contributed by atoms with Gasteiger partial charge in [-0.3, -0.25) is 19.1 Å². The van der Waals surface area contributed by atoms with E-state index in [2.05, 4.69) is 34.1 Å². The minimum atomic E-state index is -3.88. The summed E-state index contributed by atoms with van der Waals surface area (Å²) in [5.74, 6) is -1.79. The van der Waals surface area contributed by atoms with Crippen LogP contribution in [0, 0.1) is 5.92 Å². The van der Waals surface area contributed by atoms with Crippen molar-refractivity contribution < 1.29 is 32.7 Å². The van der Waals surface area contributed by atoms with E-state index in [0.717, 1.165) is 36.0 Å². The summed E-state index contributed by atoms with van der Waals surface area (Å²) in [7, 11) is -3.88. The number of rotatable bonds is 9. The van der Waals surface area contributed by atoms with Crippen molar-refractivity contribution in [1.82, 2.24) is 20.3 Å². The Morgan fingerprint density at radius 1 is 0.940 bits per heavy atom. The fraction of sp³-hybridized carbons (Fsp3) is 0.459. The number of hydrogen-bond acceptors (Lipinski definition) is 7. The highest BCUT2D eigenvalue weighted by molar-refractivity contribution is 8.00. The number of benzene rings is 2. The molecule has 266 valence electrons. The van der Waals surface area contributed by atoms with Gasteiger partial charge in [0.1, 0.15) is 17.6 Å². The van der Waals surface area contributed by atoms with E-state index < -0.39 is 67.4 Å². The molecule has 2 heterocycles. The molecule has 5 atom stereocenters. The normalized spacial score (nSPS) is 29.2. The molecule has 4 amide bonds. The summed E-state index contributed by atoms with van der Waals surface area (Å²) in [6.45, 7) is 3.92. The molecule has 2 aromatic rings. The fourth-order valence-electron chi connectivity index (χ4n) is 7.14. The number of fused-ring (bicyclic) bond motifs is 2. The number of nitrogens with zero attached hydrogens (tertiary/aromatic N) is 1. The first kappa shape index (κ1) is 35.7. The van der Waals surface area contributed by atoms with E-state index in [9.17, 15) is 32.7 Å². The van der Waals surface area contributed by atoms with Gasteiger partial charge >= 0.3 is 6.09 Å². The largest absolute Gasteiger partial charge is 0.465 e. The molecule has 11 nitrogen and oxygen atoms in total. The van der Waals surface area contributed by atoms with Crippen LogP contribution >= 0.6 is 11.8 Å². The van der Waals surface area contributed by atoms with Crippen molar-refractivity contribution in [3.8, 4) is 11.1 Å². The van der Waals surface area contributed by atoms with Crippen LogP contribution in [-0.2, 0) is 29.2 Å². The Kier molecular flexibility index (Phi) is 10.5. The highest BCUT2D eigenvalue weighted by Gasteiger charge is 2.62. The molecule has 2 saturated carbocycles. The van der Waals surface area contributed by atoms with Gasteiger partial charge in [0.25, 0.3) is 5.91 Å². The maximum absolute atomic E-state index is 14.4. The van der Waals surface area contributed by atoms with Crippen LogP contribution in [0.4, 0.5) is 4.79 Å². The first-order valence-electron chi connectivity index (χ1n) is 17.2. The van der Waals surface area contributed by atoms with Crippen LogP contribution in [0.1, 0.15) is 63.4 Å². The minimum Gasteiger partial charge on any atom is -0.465 e. The number of carbonyl (C=O) groups is 4. The predicted molar refractivity (Wildman–Crippen MR) is 193 cm³/mol. The van der Waals surface area contributed by atoms with Gasteiger partial charge in [0.05, 0.1) is 10.00 Å². The fourth-order valence-corrected chi connectivity index (χ4v) is 9.86. The molecule has 2 aromatic carbocycles. The number of thioether (sulfide) groups is 1. The van der Waals surface area contributed by atoms with Crippen molar-refractivity contribution in [2.75, 3.05) is 12.3 Å². The molecule has 4 N–H and O–H groups in total. The van der Waals surface area contributed by atoms with Crippen LogP contribution in [-0.4, -0.2) is 77.4 Å². The van der Waals surface area contributed by atoms with Crippen LogP contribution in [0.25, 0.3) is 11.1 Å². The van der Waals surface area contributed by atoms with E-state index in [4.69, 9.17) is 0 Å². The molecule has 1 saturated heterocycles. The van der Waals surface area contributed by atoms with Crippen LogP contribution in [0.3, 0.4) is 0 Å². The van der Waals surface area contributed by atoms with Gasteiger partial charge < -0.3 is 20.6 Å². The molecular formula is C37H44N4O7S2. The lowest BCUT2D eigenvalue weighted by Crippen LogP contribution is -2.58. The van der Waals surface area contributed by atoms with Crippen molar-refractivity contribution >= 4 is 45.6 Å². The molecule has 2 aliphatic heterocycles. The van der Waals surface area contributed by atoms with Gasteiger partial charge in [-0.2, -0.15) is 0 Å². The summed E-state index contributed by atoms with van der Waals surface area (Å²) in [5.41, 5.74) is 1.46. The molecule has 0 unspecified atom stereocenters. The third-order valence-corrected chi connectivity index (χ3v) is 13.5. The van der Waals surface area contributed by atoms with Crippen LogP contribution < -0.4 is 15.4 Å². The molecule has 6 rings (SSSR count). The van der Waals surface area contributed by atoms with Crippen LogP contribution in [0.5, 0.6) is 0 Å². The summed E-state index contributed by atoms with van der Waals surface area (Å²) < 4.78 is 26.8. The number of amides is 4. The first-order chi connectivity index (χ1) is 24.0. The van der Waals surface area contributed by atoms with Crippen LogP contribution in [0.15, 0.2) is 79.4 Å². The topological polar surface area (TPSA) is 162 Å². The SMILES string of the molecule is C=C[C@@H]1C[C@]1(NC(=O)[C@@H]1C[C@@]2(c3ccc(-c4ccccc4)cc3)CN1C(=O)[C@@H](NC(=O)O)CCCCC/C=C\CS2)C(=O)NS(=O)(=O)C1CC1. The van der Waals surface area contributed by atoms with Crippen molar-refractivity contribution in [2.45, 2.75) is 85.4 Å². The van der Waals surface area contributed by atoms with E-state index in [1.165, 1.54) is 11.0 Å². The lowest BCUT2D eigenvalue weighted by Gasteiger charge is -2.31. The smallest absolute Gasteiger partial charge is 0.405 e. The van der Waals surface area contributed by atoms with E-state index in [1.54, 1.807) is 11.8 Å². The van der Waals surface area contributed by atoms with Gasteiger partial charge in [0.15, 0.2) is 0 Å². The van der Waals surface area contributed by atoms with E-state index in [0.29, 0.717) is 25.0 Å². The molecule has 0 aromatic heterocycles. The van der Waals surface area contributed by atoms with Gasteiger partial charge in [0.2, 0.25) is 21.8 Å². The number of carbonyl (C=O) groups excluding carboxylic acids is 3. The summed E-state index contributed by atoms with van der Waals surface area (Å²) in [6.07, 6.45) is 9.24. The maximum Gasteiger partial charge on any atom is 0.405 e. The summed E-state index contributed by atoms with van der Waals surface area (Å²) in [4.78, 5) is 55.6. The van der Waals surface area contributed by atoms with E-state index in [-0.39, 0.29) is 25.8 Å². The molecular weight excluding hydrogens is 677 g/mol. The number of carboxylic acid groups (broad SMARTS) is 1. The second kappa shape index (κ2) is 14.6. The summed E-state index contributed by atoms with van der Waals surface area (Å²) in [5, 5.41) is 14.3. The molecule has 0 spiro atoms. The molecule has 4 aliphatic rings. The molecule has 50 heavy (non-hydrogen) atoms. The highest BCUT2D eigenvalue weighted by Crippen LogP contribution is 2.50. The lowest BCUT2D eigenvalue weighted by molar-refractivity contribution is -0.141. The van der Waals surface area contributed by atoms with Gasteiger partial charge in [-0.05, 0) is 61.6 Å². The predicted octanol–water partition coefficient (Wildman–Crippen LogP) is 4.71. The Morgan fingerprint density at radius 2 is 1.66 bits per heavy atom. The monoisotopic (exact) mass is 720 g/mol. The second-order valence-corrected chi connectivity index (χ2v) is 17.1. The first-order valence-corrected chi connectivity index (χ1v) is 19.8. The minimum absolute atomic E-state index is 0.130. The third kappa shape index (κ3) is 7.63. The Labute approximate surface area is 297 Å².